The SMILES string of the molecule is CCc1ccc(C2/C(=C(\O)c3cc(Cl)c(OC)c(Cl)c3)C(=O)C(=O)N2CCN(C)C)cc1. The Morgan fingerprint density at radius 3 is 2.22 bits per heavy atom. The molecule has 0 saturated carbocycles. The van der Waals surface area contributed by atoms with Gasteiger partial charge in [0.1, 0.15) is 5.76 Å². The highest BCUT2D eigenvalue weighted by molar-refractivity contribution is 6.46. The molecule has 0 aromatic heterocycles. The first-order chi connectivity index (χ1) is 15.2. The van der Waals surface area contributed by atoms with Crippen molar-refractivity contribution in [2.75, 3.05) is 34.3 Å². The summed E-state index contributed by atoms with van der Waals surface area (Å²) < 4.78 is 5.16. The van der Waals surface area contributed by atoms with Gasteiger partial charge in [0.05, 0.1) is 28.8 Å². The Labute approximate surface area is 198 Å². The van der Waals surface area contributed by atoms with Crippen LogP contribution >= 0.6 is 23.2 Å². The molecule has 1 fully saturated rings. The minimum absolute atomic E-state index is 0.00954. The lowest BCUT2D eigenvalue weighted by atomic mass is 9.94. The Morgan fingerprint density at radius 2 is 1.72 bits per heavy atom. The van der Waals surface area contributed by atoms with E-state index in [0.717, 1.165) is 17.5 Å². The normalized spacial score (nSPS) is 18.0. The number of methoxy groups -OCH3 is 1. The number of benzene rings is 2. The van der Waals surface area contributed by atoms with E-state index in [2.05, 4.69) is 6.92 Å². The maximum atomic E-state index is 13.1. The number of aliphatic hydroxyl groups is 1. The quantitative estimate of drug-likeness (QED) is 0.360. The second kappa shape index (κ2) is 9.94. The van der Waals surface area contributed by atoms with E-state index in [1.54, 1.807) is 0 Å². The van der Waals surface area contributed by atoms with Crippen LogP contribution < -0.4 is 4.74 Å². The van der Waals surface area contributed by atoms with Crippen LogP contribution in [0, 0.1) is 0 Å². The summed E-state index contributed by atoms with van der Waals surface area (Å²) in [6, 6.07) is 9.91. The maximum Gasteiger partial charge on any atom is 0.295 e. The first-order valence-corrected chi connectivity index (χ1v) is 11.0. The molecular formula is C24H26Cl2N2O4. The van der Waals surface area contributed by atoms with Crippen LogP contribution in [-0.4, -0.2) is 60.9 Å². The maximum absolute atomic E-state index is 13.1. The molecule has 1 unspecified atom stereocenters. The van der Waals surface area contributed by atoms with E-state index in [9.17, 15) is 14.7 Å². The molecule has 1 saturated heterocycles. The molecule has 2 aromatic carbocycles. The summed E-state index contributed by atoms with van der Waals surface area (Å²) in [5, 5.41) is 11.5. The van der Waals surface area contributed by atoms with Gasteiger partial charge < -0.3 is 19.6 Å². The summed E-state index contributed by atoms with van der Waals surface area (Å²) in [4.78, 5) is 29.4. The number of hydrogen-bond donors (Lipinski definition) is 1. The number of likely N-dealkylation sites (N-methyl/N-ethyl adjacent to an activating group) is 1. The largest absolute Gasteiger partial charge is 0.507 e. The molecule has 0 bridgehead atoms. The van der Waals surface area contributed by atoms with Gasteiger partial charge in [-0.25, -0.2) is 0 Å². The highest BCUT2D eigenvalue weighted by Gasteiger charge is 2.46. The van der Waals surface area contributed by atoms with Gasteiger partial charge in [0.2, 0.25) is 0 Å². The standard InChI is InChI=1S/C24H26Cl2N2O4/c1-5-14-6-8-15(9-7-14)20-19(22(30)24(31)28(20)11-10-27(2)3)21(29)16-12-17(25)23(32-4)18(26)13-16/h6-9,12-13,20,29H,5,10-11H2,1-4H3/b21-19+. The van der Waals surface area contributed by atoms with Crippen molar-refractivity contribution in [3.05, 3.63) is 68.7 Å². The van der Waals surface area contributed by atoms with Crippen LogP contribution in [0.2, 0.25) is 10.0 Å². The zero-order valence-corrected chi connectivity index (χ0v) is 20.0. The van der Waals surface area contributed by atoms with Gasteiger partial charge >= 0.3 is 0 Å². The van der Waals surface area contributed by atoms with Crippen molar-refractivity contribution in [2.45, 2.75) is 19.4 Å². The summed E-state index contributed by atoms with van der Waals surface area (Å²) in [6.45, 7) is 2.95. The van der Waals surface area contributed by atoms with Crippen LogP contribution in [0.4, 0.5) is 0 Å². The number of carbonyl (C=O) groups is 2. The van der Waals surface area contributed by atoms with E-state index < -0.39 is 17.7 Å². The molecule has 1 heterocycles. The van der Waals surface area contributed by atoms with Crippen LogP contribution in [0.1, 0.15) is 29.7 Å². The minimum Gasteiger partial charge on any atom is -0.507 e. The van der Waals surface area contributed by atoms with Gasteiger partial charge in [-0.05, 0) is 43.8 Å². The molecule has 3 rings (SSSR count). The monoisotopic (exact) mass is 476 g/mol. The number of Topliss-reactive ketones (excluding diaryl/α,β-unsaturated/α-hetero) is 1. The van der Waals surface area contributed by atoms with E-state index in [1.807, 2.05) is 43.3 Å². The van der Waals surface area contributed by atoms with Crippen molar-refractivity contribution in [3.63, 3.8) is 0 Å². The first kappa shape index (κ1) is 24.1. The second-order valence-corrected chi connectivity index (χ2v) is 8.68. The number of amides is 1. The van der Waals surface area contributed by atoms with E-state index in [0.29, 0.717) is 13.1 Å². The smallest absolute Gasteiger partial charge is 0.295 e. The zero-order valence-electron chi connectivity index (χ0n) is 18.5. The van der Waals surface area contributed by atoms with E-state index in [1.165, 1.54) is 24.1 Å². The van der Waals surface area contributed by atoms with Crippen molar-refractivity contribution in [3.8, 4) is 5.75 Å². The lowest BCUT2D eigenvalue weighted by molar-refractivity contribution is -0.140. The highest BCUT2D eigenvalue weighted by atomic mass is 35.5. The van der Waals surface area contributed by atoms with Gasteiger partial charge in [0.15, 0.2) is 5.75 Å². The van der Waals surface area contributed by atoms with E-state index >= 15 is 0 Å². The Hall–Kier alpha value is -2.54. The molecule has 2 aromatic rings. The molecule has 1 atom stereocenters. The fraction of sp³-hybridized carbons (Fsp3) is 0.333. The first-order valence-electron chi connectivity index (χ1n) is 10.2. The number of rotatable bonds is 7. The average Bonchev–Trinajstić information content (AvgIpc) is 3.01. The molecule has 1 amide bonds. The van der Waals surface area contributed by atoms with Gasteiger partial charge in [-0.3, -0.25) is 9.59 Å². The van der Waals surface area contributed by atoms with Crippen molar-refractivity contribution >= 4 is 40.7 Å². The molecule has 170 valence electrons. The van der Waals surface area contributed by atoms with Crippen LogP contribution in [0.25, 0.3) is 5.76 Å². The minimum atomic E-state index is -0.742. The molecule has 8 heteroatoms. The summed E-state index contributed by atoms with van der Waals surface area (Å²) in [7, 11) is 5.22. The molecule has 1 aliphatic rings. The number of halogens is 2. The van der Waals surface area contributed by atoms with Crippen molar-refractivity contribution in [1.82, 2.24) is 9.80 Å². The number of ether oxygens (including phenoxy) is 1. The fourth-order valence-corrected chi connectivity index (χ4v) is 4.39. The van der Waals surface area contributed by atoms with Crippen molar-refractivity contribution in [2.24, 2.45) is 0 Å². The van der Waals surface area contributed by atoms with E-state index in [-0.39, 0.29) is 32.7 Å². The van der Waals surface area contributed by atoms with Crippen molar-refractivity contribution < 1.29 is 19.4 Å². The summed E-state index contributed by atoms with van der Waals surface area (Å²) in [6.07, 6.45) is 0.865. The Balaban J connectivity index is 2.17. The van der Waals surface area contributed by atoms with Crippen LogP contribution in [0.5, 0.6) is 5.75 Å². The number of likely N-dealkylation sites (tertiary alicyclic amines) is 1. The van der Waals surface area contributed by atoms with Gasteiger partial charge in [-0.2, -0.15) is 0 Å². The van der Waals surface area contributed by atoms with Gasteiger partial charge in [0, 0.05) is 18.7 Å². The molecule has 0 aliphatic carbocycles. The summed E-state index contributed by atoms with van der Waals surface area (Å²) in [5.74, 6) is -1.45. The lowest BCUT2D eigenvalue weighted by Gasteiger charge is -2.26. The molecular weight excluding hydrogens is 451 g/mol. The Kier molecular flexibility index (Phi) is 7.49. The fourth-order valence-electron chi connectivity index (χ4n) is 3.75. The van der Waals surface area contributed by atoms with E-state index in [4.69, 9.17) is 27.9 Å². The second-order valence-electron chi connectivity index (χ2n) is 7.86. The summed E-state index contributed by atoms with van der Waals surface area (Å²) in [5.41, 5.74) is 2.12. The Morgan fingerprint density at radius 1 is 1.12 bits per heavy atom. The lowest BCUT2D eigenvalue weighted by Crippen LogP contribution is -2.35. The Bertz CT molecular complexity index is 1040. The topological polar surface area (TPSA) is 70.1 Å². The molecule has 0 radical (unpaired) electrons. The number of aryl methyl sites for hydroxylation is 1. The molecule has 6 nitrogen and oxygen atoms in total. The third kappa shape index (κ3) is 4.63. The highest BCUT2D eigenvalue weighted by Crippen LogP contribution is 2.41. The molecule has 0 spiro atoms. The molecule has 1 N–H and O–H groups in total. The van der Waals surface area contributed by atoms with Crippen LogP contribution in [0.3, 0.4) is 0 Å². The number of nitrogens with zero attached hydrogens (tertiary/aromatic N) is 2. The average molecular weight is 477 g/mol. The zero-order chi connectivity index (χ0) is 23.6. The third-order valence-corrected chi connectivity index (χ3v) is 6.07. The number of carbonyl (C=O) groups excluding carboxylic acids is 2. The van der Waals surface area contributed by atoms with Crippen LogP contribution in [-0.2, 0) is 16.0 Å². The third-order valence-electron chi connectivity index (χ3n) is 5.51. The summed E-state index contributed by atoms with van der Waals surface area (Å²) >= 11 is 12.5. The number of aliphatic hydroxyl groups excluding tert-OH is 1. The molecule has 32 heavy (non-hydrogen) atoms. The van der Waals surface area contributed by atoms with Gasteiger partial charge in [0.25, 0.3) is 11.7 Å². The predicted octanol–water partition coefficient (Wildman–Crippen LogP) is 4.55. The number of ketones is 1. The predicted molar refractivity (Wildman–Crippen MR) is 126 cm³/mol. The van der Waals surface area contributed by atoms with Gasteiger partial charge in [-0.1, -0.05) is 54.4 Å². The molecule has 1 aliphatic heterocycles. The van der Waals surface area contributed by atoms with Gasteiger partial charge in [-0.15, -0.1) is 0 Å². The van der Waals surface area contributed by atoms with Crippen molar-refractivity contribution in [1.29, 1.82) is 0 Å². The van der Waals surface area contributed by atoms with Crippen LogP contribution in [0.15, 0.2) is 42.0 Å². The number of hydrogen-bond acceptors (Lipinski definition) is 5.